The molecular weight excluding hydrogens is 651 g/mol. The second-order valence-corrected chi connectivity index (χ2v) is 17.3. The van der Waals surface area contributed by atoms with E-state index in [-0.39, 0.29) is 59.9 Å². The number of nitrogens with zero attached hydrogens (tertiary/aromatic N) is 4. The van der Waals surface area contributed by atoms with Crippen LogP contribution in [0.15, 0.2) is 11.8 Å². The van der Waals surface area contributed by atoms with Crippen molar-refractivity contribution in [3.8, 4) is 0 Å². The van der Waals surface area contributed by atoms with Gasteiger partial charge >= 0.3 is 0 Å². The lowest BCUT2D eigenvalue weighted by molar-refractivity contribution is -0.220. The fraction of sp³-hybridized carbons (Fsp3) is 0.872. The van der Waals surface area contributed by atoms with Crippen LogP contribution < -0.4 is 10.6 Å². The molecule has 12 heteroatoms. The van der Waals surface area contributed by atoms with E-state index >= 15 is 4.39 Å². The number of amides is 2. The van der Waals surface area contributed by atoms with E-state index in [1.54, 1.807) is 0 Å². The van der Waals surface area contributed by atoms with Crippen LogP contribution in [0.5, 0.6) is 0 Å². The minimum absolute atomic E-state index is 0.0239. The average molecular weight is 713 g/mol. The molecule has 2 amide bonds. The van der Waals surface area contributed by atoms with E-state index in [0.29, 0.717) is 44.0 Å². The number of morpholine rings is 1. The van der Waals surface area contributed by atoms with Crippen molar-refractivity contribution in [1.29, 1.82) is 0 Å². The van der Waals surface area contributed by atoms with Crippen molar-refractivity contribution in [2.45, 2.75) is 138 Å². The number of carbonyl (C=O) groups is 3. The van der Waals surface area contributed by atoms with Crippen molar-refractivity contribution in [2.24, 2.45) is 17.8 Å². The lowest BCUT2D eigenvalue weighted by Crippen LogP contribution is -2.73. The fourth-order valence-electron chi connectivity index (χ4n) is 11.4. The highest BCUT2D eigenvalue weighted by atomic mass is 19.1. The van der Waals surface area contributed by atoms with Gasteiger partial charge in [-0.05, 0) is 110 Å². The summed E-state index contributed by atoms with van der Waals surface area (Å²) in [6.45, 7) is 5.64. The van der Waals surface area contributed by atoms with Gasteiger partial charge in [0.2, 0.25) is 5.91 Å². The Morgan fingerprint density at radius 2 is 1.75 bits per heavy atom. The Morgan fingerprint density at radius 3 is 2.57 bits per heavy atom. The molecule has 0 spiro atoms. The molecular formula is C39H61FN6O5. The lowest BCUT2D eigenvalue weighted by atomic mass is 9.67. The summed E-state index contributed by atoms with van der Waals surface area (Å²) in [4.78, 5) is 49.6. The molecule has 0 aromatic heterocycles. The van der Waals surface area contributed by atoms with Gasteiger partial charge in [0.1, 0.15) is 6.17 Å². The van der Waals surface area contributed by atoms with Crippen LogP contribution in [0.1, 0.15) is 83.5 Å². The van der Waals surface area contributed by atoms with Gasteiger partial charge in [0, 0.05) is 50.8 Å². The summed E-state index contributed by atoms with van der Waals surface area (Å²) >= 11 is 0. The number of fused-ring (bicyclic) bond motifs is 5. The Labute approximate surface area is 303 Å². The average Bonchev–Trinajstić information content (AvgIpc) is 3.88. The maximum atomic E-state index is 16.7. The first kappa shape index (κ1) is 35.9. The highest BCUT2D eigenvalue weighted by molar-refractivity contribution is 6.20. The molecule has 5 aliphatic heterocycles. The first-order chi connectivity index (χ1) is 24.7. The van der Waals surface area contributed by atoms with Crippen molar-refractivity contribution in [1.82, 2.24) is 30.2 Å². The number of hydrogen-bond donors (Lipinski definition) is 2. The molecule has 0 aromatic rings. The lowest BCUT2D eigenvalue weighted by Gasteiger charge is -2.61. The van der Waals surface area contributed by atoms with Gasteiger partial charge in [-0.25, -0.2) is 4.39 Å². The van der Waals surface area contributed by atoms with Gasteiger partial charge in [-0.15, -0.1) is 0 Å². The second-order valence-electron chi connectivity index (χ2n) is 17.3. The zero-order valence-electron chi connectivity index (χ0n) is 30.9. The van der Waals surface area contributed by atoms with E-state index in [1.165, 1.54) is 32.1 Å². The zero-order valence-corrected chi connectivity index (χ0v) is 30.9. The highest BCUT2D eigenvalue weighted by Crippen LogP contribution is 2.53. The number of rotatable bonds is 11. The van der Waals surface area contributed by atoms with Gasteiger partial charge in [-0.1, -0.05) is 12.8 Å². The first-order valence-corrected chi connectivity index (χ1v) is 20.4. The van der Waals surface area contributed by atoms with E-state index in [9.17, 15) is 14.4 Å². The van der Waals surface area contributed by atoms with Crippen molar-refractivity contribution in [2.75, 3.05) is 59.9 Å². The van der Waals surface area contributed by atoms with Gasteiger partial charge in [0.15, 0.2) is 5.78 Å². The van der Waals surface area contributed by atoms with E-state index in [1.807, 2.05) is 20.3 Å². The van der Waals surface area contributed by atoms with Crippen molar-refractivity contribution in [3.05, 3.63) is 11.8 Å². The number of unbranched alkanes of at least 4 members (excludes halogenated alkanes) is 1. The second kappa shape index (κ2) is 15.3. The third-order valence-corrected chi connectivity index (χ3v) is 13.8. The molecule has 4 saturated heterocycles. The number of Topliss-reactive ketones (excluding diaryl/α,β-unsaturated/α-hetero) is 1. The summed E-state index contributed by atoms with van der Waals surface area (Å²) in [6.07, 6.45) is 12.4. The molecule has 0 aromatic carbocycles. The third kappa shape index (κ3) is 7.25. The Bertz CT molecular complexity index is 1330. The van der Waals surface area contributed by atoms with E-state index < -0.39 is 24.2 Å². The molecule has 8 aliphatic rings. The normalized spacial score (nSPS) is 40.7. The molecule has 3 aliphatic carbocycles. The summed E-state index contributed by atoms with van der Waals surface area (Å²) in [5, 5.41) is 6.26. The number of carbonyl (C=O) groups excluding carboxylic acids is 3. The van der Waals surface area contributed by atoms with Crippen molar-refractivity contribution < 1.29 is 28.2 Å². The largest absolute Gasteiger partial charge is 0.374 e. The van der Waals surface area contributed by atoms with Gasteiger partial charge in [-0.3, -0.25) is 19.3 Å². The van der Waals surface area contributed by atoms with Crippen LogP contribution in [0.2, 0.25) is 0 Å². The van der Waals surface area contributed by atoms with E-state index in [0.717, 1.165) is 64.7 Å². The molecule has 5 heterocycles. The van der Waals surface area contributed by atoms with Crippen molar-refractivity contribution in [3.63, 3.8) is 0 Å². The summed E-state index contributed by atoms with van der Waals surface area (Å²) in [5.41, 5.74) is 0.162. The minimum atomic E-state index is -1.27. The minimum Gasteiger partial charge on any atom is -0.374 e. The SMILES string of the molecule is CN(C)CCCCNC(=O)C1=CN2C3CC4OC5CCCCC5C4CC3OC3C(N4CC[C@@H](NC(=O)CCN5CCCC5)C4)C(F)CC(C1=O)C32. The number of hydrogen-bond acceptors (Lipinski definition) is 9. The van der Waals surface area contributed by atoms with Crippen LogP contribution in [-0.2, 0) is 23.9 Å². The first-order valence-electron chi connectivity index (χ1n) is 20.4. The molecule has 7 fully saturated rings. The van der Waals surface area contributed by atoms with E-state index in [2.05, 4.69) is 30.2 Å². The standard InChI is InChI=1S/C39H61FN6O5/c1-43(2)14-6-5-13-41-39(49)28-23-46-30-21-32-26(25-9-3-4-10-31(25)50-32)20-33(30)51-38-35(46)27(37(28)48)19-29(40)36(38)45-18-11-24(22-45)42-34(47)12-17-44-15-7-8-16-44/h23-27,29-33,35-36,38H,3-22H2,1-2H3,(H,41,49)(H,42,47)/t24-,25?,26?,27?,29?,30?,31?,32?,33?,35?,36?,38?/m1/s1. The molecule has 8 rings (SSSR count). The summed E-state index contributed by atoms with van der Waals surface area (Å²) < 4.78 is 30.6. The highest BCUT2D eigenvalue weighted by Gasteiger charge is 2.62. The Morgan fingerprint density at radius 1 is 0.922 bits per heavy atom. The zero-order chi connectivity index (χ0) is 35.2. The van der Waals surface area contributed by atoms with Crippen LogP contribution in [-0.4, -0.2) is 152 Å². The third-order valence-electron chi connectivity index (χ3n) is 13.8. The van der Waals surface area contributed by atoms with Gasteiger partial charge < -0.3 is 34.8 Å². The number of alkyl halides is 1. The van der Waals surface area contributed by atoms with Gasteiger partial charge in [0.05, 0.1) is 48.1 Å². The van der Waals surface area contributed by atoms with Crippen LogP contribution in [0.3, 0.4) is 0 Å². The monoisotopic (exact) mass is 712 g/mol. The molecule has 12 atom stereocenters. The topological polar surface area (TPSA) is 107 Å². The summed E-state index contributed by atoms with van der Waals surface area (Å²) in [7, 11) is 4.07. The van der Waals surface area contributed by atoms with Crippen molar-refractivity contribution >= 4 is 17.6 Å². The van der Waals surface area contributed by atoms with Crippen LogP contribution in [0.25, 0.3) is 0 Å². The van der Waals surface area contributed by atoms with Crippen LogP contribution in [0, 0.1) is 17.8 Å². The quantitative estimate of drug-likeness (QED) is 0.247. The fourth-order valence-corrected chi connectivity index (χ4v) is 11.4. The van der Waals surface area contributed by atoms with Gasteiger partial charge in [-0.2, -0.15) is 0 Å². The molecule has 0 bridgehead atoms. The van der Waals surface area contributed by atoms with Gasteiger partial charge in [0.25, 0.3) is 5.91 Å². The predicted octanol–water partition coefficient (Wildman–Crippen LogP) is 2.49. The molecule has 11 unspecified atom stereocenters. The predicted molar refractivity (Wildman–Crippen MR) is 191 cm³/mol. The maximum Gasteiger partial charge on any atom is 0.256 e. The molecule has 51 heavy (non-hydrogen) atoms. The number of ketones is 1. The smallest absolute Gasteiger partial charge is 0.256 e. The maximum absolute atomic E-state index is 16.7. The Kier molecular flexibility index (Phi) is 10.8. The molecule has 0 radical (unpaired) electrons. The van der Waals surface area contributed by atoms with Crippen LogP contribution in [0.4, 0.5) is 4.39 Å². The van der Waals surface area contributed by atoms with Crippen LogP contribution >= 0.6 is 0 Å². The Hall–Kier alpha value is -2.12. The number of ether oxygens (including phenoxy) is 2. The Balaban J connectivity index is 1.01. The number of halogens is 1. The summed E-state index contributed by atoms with van der Waals surface area (Å²) in [5.74, 6) is -0.192. The molecule has 11 nitrogen and oxygen atoms in total. The number of nitrogens with one attached hydrogen (secondary N) is 2. The van der Waals surface area contributed by atoms with E-state index in [4.69, 9.17) is 9.47 Å². The summed E-state index contributed by atoms with van der Waals surface area (Å²) in [6, 6.07) is -0.885. The molecule has 2 N–H and O–H groups in total. The number of likely N-dealkylation sites (tertiary alicyclic amines) is 2. The molecule has 3 saturated carbocycles. The molecule has 284 valence electrons.